The van der Waals surface area contributed by atoms with E-state index in [2.05, 4.69) is 10.2 Å². The van der Waals surface area contributed by atoms with E-state index in [-0.39, 0.29) is 28.0 Å². The van der Waals surface area contributed by atoms with Crippen LogP contribution in [0.25, 0.3) is 5.82 Å². The van der Waals surface area contributed by atoms with Gasteiger partial charge in [-0.05, 0) is 13.3 Å². The van der Waals surface area contributed by atoms with Gasteiger partial charge in [-0.1, -0.05) is 29.3 Å². The van der Waals surface area contributed by atoms with E-state index in [1.165, 1.54) is 23.4 Å². The largest absolute Gasteiger partial charge is 0.469 e. The van der Waals surface area contributed by atoms with E-state index in [1.54, 1.807) is 24.7 Å². The third kappa shape index (κ3) is 5.35. The second kappa shape index (κ2) is 9.73. The van der Waals surface area contributed by atoms with Crippen LogP contribution in [-0.2, 0) is 18.1 Å². The molecule has 0 aromatic carbocycles. The Balaban J connectivity index is 2.26. The number of aromatic nitrogens is 4. The topological polar surface area (TPSA) is 97.2 Å². The van der Waals surface area contributed by atoms with Crippen LogP contribution in [0.1, 0.15) is 18.3 Å². The summed E-state index contributed by atoms with van der Waals surface area (Å²) in [4.78, 5) is 11.0. The lowest BCUT2D eigenvalue weighted by Crippen LogP contribution is -2.18. The number of hydrogen-bond donors (Lipinski definition) is 0. The van der Waals surface area contributed by atoms with Gasteiger partial charge in [0.1, 0.15) is 18.5 Å². The van der Waals surface area contributed by atoms with Crippen molar-refractivity contribution in [1.82, 2.24) is 19.6 Å². The molecule has 0 spiro atoms. The Bertz CT molecular complexity index is 805. The average molecular weight is 511 g/mol. The predicted molar refractivity (Wildman–Crippen MR) is 111 cm³/mol. The Hall–Kier alpha value is -1.35. The molecule has 2 aromatic heterocycles. The van der Waals surface area contributed by atoms with Gasteiger partial charge in [0, 0.05) is 26.0 Å². The molecule has 0 aliphatic carbocycles. The number of rotatable bonds is 10. The molecule has 0 radical (unpaired) electrons. The first-order valence-electron chi connectivity index (χ1n) is 8.11. The summed E-state index contributed by atoms with van der Waals surface area (Å²) in [6.07, 6.45) is -0.952. The molecule has 148 valence electrons. The van der Waals surface area contributed by atoms with Crippen molar-refractivity contribution in [2.24, 2.45) is 7.05 Å². The first-order chi connectivity index (χ1) is 12.8. The molecular weight excluding hydrogens is 491 g/mol. The molecule has 1 unspecified atom stereocenters. The quantitative estimate of drug-likeness (QED) is 0.210. The van der Waals surface area contributed by atoms with Crippen molar-refractivity contribution in [3.8, 4) is 11.7 Å². The molecule has 0 bridgehead atoms. The van der Waals surface area contributed by atoms with E-state index in [0.29, 0.717) is 17.9 Å². The highest BCUT2D eigenvalue weighted by Crippen LogP contribution is 2.33. The highest BCUT2D eigenvalue weighted by atomic mass is 127. The first-order valence-corrected chi connectivity index (χ1v) is 10.4. The predicted octanol–water partition coefficient (Wildman–Crippen LogP) is 2.90. The number of hydrogen-bond acceptors (Lipinski definition) is 7. The van der Waals surface area contributed by atoms with Crippen LogP contribution in [0, 0.1) is 17.0 Å². The Morgan fingerprint density at radius 1 is 1.52 bits per heavy atom. The van der Waals surface area contributed by atoms with E-state index in [4.69, 9.17) is 9.39 Å². The summed E-state index contributed by atoms with van der Waals surface area (Å²) in [6, 6.07) is 1.76. The summed E-state index contributed by atoms with van der Waals surface area (Å²) in [6.45, 7) is 3.27. The molecule has 27 heavy (non-hydrogen) atoms. The lowest BCUT2D eigenvalue weighted by molar-refractivity contribution is -0.386. The molecule has 2 aromatic rings. The van der Waals surface area contributed by atoms with Crippen molar-refractivity contribution in [3.05, 3.63) is 27.6 Å². The van der Waals surface area contributed by atoms with Gasteiger partial charge in [0.15, 0.2) is 5.82 Å². The van der Waals surface area contributed by atoms with Gasteiger partial charge >= 0.3 is 15.6 Å². The number of nitrogens with zero attached hydrogens (tertiary/aromatic N) is 5. The third-order valence-electron chi connectivity index (χ3n) is 3.63. The van der Waals surface area contributed by atoms with E-state index < -0.39 is 11.1 Å². The fourth-order valence-electron chi connectivity index (χ4n) is 2.47. The molecule has 0 amide bonds. The maximum atomic E-state index is 14.1. The van der Waals surface area contributed by atoms with Crippen molar-refractivity contribution < 1.29 is 18.7 Å². The zero-order valence-corrected chi connectivity index (χ0v) is 18.4. The summed E-state index contributed by atoms with van der Waals surface area (Å²) in [5.41, 5.74) is 0.872. The first kappa shape index (κ1) is 21.9. The molecule has 9 nitrogen and oxygen atoms in total. The van der Waals surface area contributed by atoms with Gasteiger partial charge in [0.25, 0.3) is 0 Å². The summed E-state index contributed by atoms with van der Waals surface area (Å²) in [7, 11) is 3.26. The van der Waals surface area contributed by atoms with Crippen molar-refractivity contribution in [2.75, 3.05) is 19.5 Å². The molecule has 0 aliphatic heterocycles. The van der Waals surface area contributed by atoms with Crippen LogP contribution in [-0.4, -0.2) is 54.2 Å². The highest BCUT2D eigenvalue weighted by Gasteiger charge is 2.30. The van der Waals surface area contributed by atoms with Gasteiger partial charge < -0.3 is 9.39 Å². The third-order valence-corrected chi connectivity index (χ3v) is 6.22. The van der Waals surface area contributed by atoms with E-state index in [9.17, 15) is 14.5 Å². The van der Waals surface area contributed by atoms with Gasteiger partial charge in [-0.25, -0.2) is 9.07 Å². The number of aryl methyl sites for hydroxylation is 2. The minimum Gasteiger partial charge on any atom is -0.469 e. The van der Waals surface area contributed by atoms with Gasteiger partial charge in [0.05, 0.1) is 10.6 Å². The second-order valence-electron chi connectivity index (χ2n) is 5.64. The smallest absolute Gasteiger partial charge is 0.435 e. The van der Waals surface area contributed by atoms with Crippen LogP contribution < -0.4 is 4.74 Å². The van der Waals surface area contributed by atoms with Crippen LogP contribution in [0.3, 0.4) is 0 Å². The standard InChI is InChI=1S/C14H20BFIN5O4S/c1-5-11-13(22(23)24)14(26-7-10(16)8-27-15(17)25-4)19-21(11)12-6-9(2)18-20(12)3/h6,10H,5,7-8H2,1-4H3. The van der Waals surface area contributed by atoms with Crippen molar-refractivity contribution in [3.63, 3.8) is 0 Å². The molecule has 1 atom stereocenters. The zero-order valence-electron chi connectivity index (χ0n) is 15.4. The fraction of sp³-hybridized carbons (Fsp3) is 0.571. The average Bonchev–Trinajstić information content (AvgIpc) is 3.16. The van der Waals surface area contributed by atoms with Gasteiger partial charge in [0.2, 0.25) is 0 Å². The molecule has 2 heterocycles. The molecule has 0 saturated carbocycles. The fourth-order valence-corrected chi connectivity index (χ4v) is 3.69. The van der Waals surface area contributed by atoms with E-state index in [1.807, 2.05) is 29.3 Å². The summed E-state index contributed by atoms with van der Waals surface area (Å²) < 4.78 is 27.3. The molecular formula is C14H20BFIN5O4S. The molecule has 0 fully saturated rings. The Kier molecular flexibility index (Phi) is 7.91. The van der Waals surface area contributed by atoms with E-state index >= 15 is 0 Å². The summed E-state index contributed by atoms with van der Waals surface area (Å²) in [5, 5.41) is 20.0. The minimum atomic E-state index is -1.31. The maximum Gasteiger partial charge on any atom is 0.435 e. The SMILES string of the molecule is CCc1c([N+](=O)[O-])c(OCC(F)CSB(I)OC)nn1-c1cc(C)nn1C. The molecule has 0 N–H and O–H groups in total. The van der Waals surface area contributed by atoms with Gasteiger partial charge in [-0.2, -0.15) is 16.7 Å². The number of halogens is 2. The van der Waals surface area contributed by atoms with E-state index in [0.717, 1.165) is 5.69 Å². The molecule has 0 saturated heterocycles. The van der Waals surface area contributed by atoms with Crippen LogP contribution in [0.15, 0.2) is 6.07 Å². The summed E-state index contributed by atoms with van der Waals surface area (Å²) in [5.74, 6) is 0.529. The van der Waals surface area contributed by atoms with Gasteiger partial charge in [-0.3, -0.25) is 14.8 Å². The number of ether oxygens (including phenoxy) is 1. The molecule has 0 aliphatic rings. The summed E-state index contributed by atoms with van der Waals surface area (Å²) >= 11 is 3.32. The minimum absolute atomic E-state index is 0.150. The van der Waals surface area contributed by atoms with Crippen molar-refractivity contribution in [1.29, 1.82) is 0 Å². The van der Waals surface area contributed by atoms with Crippen molar-refractivity contribution >= 4 is 43.7 Å². The Morgan fingerprint density at radius 3 is 2.74 bits per heavy atom. The Morgan fingerprint density at radius 2 is 2.22 bits per heavy atom. The zero-order chi connectivity index (χ0) is 20.1. The monoisotopic (exact) mass is 511 g/mol. The van der Waals surface area contributed by atoms with Crippen LogP contribution >= 0.6 is 34.0 Å². The van der Waals surface area contributed by atoms with Crippen LogP contribution in [0.2, 0.25) is 0 Å². The molecule has 13 heteroatoms. The van der Waals surface area contributed by atoms with Crippen molar-refractivity contribution in [2.45, 2.75) is 26.4 Å². The van der Waals surface area contributed by atoms with Crippen LogP contribution in [0.4, 0.5) is 10.1 Å². The second-order valence-corrected chi connectivity index (χ2v) is 8.71. The number of nitro groups is 1. The normalized spacial score (nSPS) is 12.2. The highest BCUT2D eigenvalue weighted by molar-refractivity contribution is 14.1. The van der Waals surface area contributed by atoms with Gasteiger partial charge in [-0.15, -0.1) is 5.10 Å². The Labute approximate surface area is 174 Å². The number of alkyl halides is 1. The maximum absolute atomic E-state index is 14.1. The lowest BCUT2D eigenvalue weighted by atomic mass is 10.3. The lowest BCUT2D eigenvalue weighted by Gasteiger charge is -2.09. The molecule has 2 rings (SSSR count). The van der Waals surface area contributed by atoms with Crippen LogP contribution in [0.5, 0.6) is 5.88 Å².